The first kappa shape index (κ1) is 14.3. The molecule has 1 aromatic carbocycles. The first-order valence-electron chi connectivity index (χ1n) is 5.75. The molecule has 1 aromatic heterocycles. The van der Waals surface area contributed by atoms with Crippen LogP contribution < -0.4 is 5.32 Å². The van der Waals surface area contributed by atoms with Gasteiger partial charge in [0.1, 0.15) is 6.10 Å². The molecule has 0 unspecified atom stereocenters. The first-order valence-corrected chi connectivity index (χ1v) is 6.13. The van der Waals surface area contributed by atoms with E-state index in [1.165, 1.54) is 0 Å². The van der Waals surface area contributed by atoms with Crippen molar-refractivity contribution in [2.75, 3.05) is 19.7 Å². The smallest absolute Gasteiger partial charge is 0.257 e. The molecule has 0 spiro atoms. The van der Waals surface area contributed by atoms with Crippen LogP contribution in [0, 0.1) is 0 Å². The minimum Gasteiger partial charge on any atom is -0.366 e. The molecule has 3 rings (SSSR count). The second kappa shape index (κ2) is 6.34. The van der Waals surface area contributed by atoms with E-state index in [2.05, 4.69) is 15.5 Å². The number of ether oxygens (including phenoxy) is 1. The van der Waals surface area contributed by atoms with Gasteiger partial charge in [-0.15, -0.1) is 12.4 Å². The summed E-state index contributed by atoms with van der Waals surface area (Å²) in [6.45, 7) is 2.18. The van der Waals surface area contributed by atoms with Gasteiger partial charge in [0.2, 0.25) is 5.82 Å². The highest BCUT2D eigenvalue weighted by Crippen LogP contribution is 2.26. The van der Waals surface area contributed by atoms with Gasteiger partial charge in [0.05, 0.1) is 11.6 Å². The monoisotopic (exact) mass is 301 g/mol. The Morgan fingerprint density at radius 2 is 2.16 bits per heavy atom. The predicted octanol–water partition coefficient (Wildman–Crippen LogP) is 2.47. The third-order valence-electron chi connectivity index (χ3n) is 2.76. The van der Waals surface area contributed by atoms with Crippen LogP contribution in [0.5, 0.6) is 0 Å². The van der Waals surface area contributed by atoms with Gasteiger partial charge in [-0.3, -0.25) is 0 Å². The second-order valence-corrected chi connectivity index (χ2v) is 4.41. The minimum atomic E-state index is -0.178. The molecule has 5 nitrogen and oxygen atoms in total. The molecule has 2 heterocycles. The molecule has 102 valence electrons. The number of benzene rings is 1. The Hall–Kier alpha value is -1.14. The Balaban J connectivity index is 0.00000133. The predicted molar refractivity (Wildman–Crippen MR) is 73.6 cm³/mol. The van der Waals surface area contributed by atoms with Gasteiger partial charge in [0.25, 0.3) is 5.89 Å². The van der Waals surface area contributed by atoms with Gasteiger partial charge >= 0.3 is 0 Å². The fourth-order valence-electron chi connectivity index (χ4n) is 1.84. The summed E-state index contributed by atoms with van der Waals surface area (Å²) in [5, 5.41) is 7.76. The molecule has 1 aliphatic rings. The van der Waals surface area contributed by atoms with Gasteiger partial charge in [0, 0.05) is 18.7 Å². The SMILES string of the molecule is Cl.Clc1ccccc1-c1noc([C@H]2CNCCO2)n1. The van der Waals surface area contributed by atoms with Crippen molar-refractivity contribution in [3.63, 3.8) is 0 Å². The maximum Gasteiger partial charge on any atom is 0.257 e. The van der Waals surface area contributed by atoms with E-state index in [1.54, 1.807) is 6.07 Å². The van der Waals surface area contributed by atoms with Crippen LogP contribution in [-0.4, -0.2) is 29.8 Å². The van der Waals surface area contributed by atoms with Crippen LogP contribution in [0.15, 0.2) is 28.8 Å². The van der Waals surface area contributed by atoms with E-state index in [1.807, 2.05) is 18.2 Å². The zero-order chi connectivity index (χ0) is 12.4. The van der Waals surface area contributed by atoms with Crippen molar-refractivity contribution in [2.45, 2.75) is 6.10 Å². The number of morpholine rings is 1. The molecular formula is C12H13Cl2N3O2. The average molecular weight is 302 g/mol. The fraction of sp³-hybridized carbons (Fsp3) is 0.333. The van der Waals surface area contributed by atoms with Crippen LogP contribution >= 0.6 is 24.0 Å². The van der Waals surface area contributed by atoms with E-state index in [0.717, 1.165) is 12.1 Å². The van der Waals surface area contributed by atoms with E-state index in [-0.39, 0.29) is 18.5 Å². The standard InChI is InChI=1S/C12H12ClN3O2.ClH/c13-9-4-2-1-3-8(9)11-15-12(18-16-11)10-7-14-5-6-17-10;/h1-4,10,14H,5-7H2;1H/t10-;/m1./s1. The molecule has 19 heavy (non-hydrogen) atoms. The molecular weight excluding hydrogens is 289 g/mol. The molecule has 1 N–H and O–H groups in total. The van der Waals surface area contributed by atoms with Gasteiger partial charge in [-0.05, 0) is 12.1 Å². The topological polar surface area (TPSA) is 60.2 Å². The maximum atomic E-state index is 6.09. The highest BCUT2D eigenvalue weighted by atomic mass is 35.5. The van der Waals surface area contributed by atoms with Gasteiger partial charge in [-0.1, -0.05) is 28.9 Å². The maximum absolute atomic E-state index is 6.09. The number of halogens is 2. The van der Waals surface area contributed by atoms with Crippen LogP contribution in [0.3, 0.4) is 0 Å². The molecule has 1 aliphatic heterocycles. The summed E-state index contributed by atoms with van der Waals surface area (Å²) in [5.41, 5.74) is 0.762. The van der Waals surface area contributed by atoms with Crippen LogP contribution in [0.1, 0.15) is 12.0 Å². The summed E-state index contributed by atoms with van der Waals surface area (Å²) in [6.07, 6.45) is -0.178. The van der Waals surface area contributed by atoms with Crippen molar-refractivity contribution in [2.24, 2.45) is 0 Å². The molecule has 1 fully saturated rings. The van der Waals surface area contributed by atoms with Gasteiger partial charge in [-0.2, -0.15) is 4.98 Å². The van der Waals surface area contributed by atoms with Crippen LogP contribution in [-0.2, 0) is 4.74 Å². The molecule has 1 saturated heterocycles. The molecule has 2 aromatic rings. The quantitative estimate of drug-likeness (QED) is 0.923. The van der Waals surface area contributed by atoms with E-state index >= 15 is 0 Å². The lowest BCUT2D eigenvalue weighted by Crippen LogP contribution is -2.33. The molecule has 0 aliphatic carbocycles. The summed E-state index contributed by atoms with van der Waals surface area (Å²) < 4.78 is 10.8. The fourth-order valence-corrected chi connectivity index (χ4v) is 2.06. The van der Waals surface area contributed by atoms with Crippen molar-refractivity contribution >= 4 is 24.0 Å². The number of hydrogen-bond acceptors (Lipinski definition) is 5. The average Bonchev–Trinajstić information content (AvgIpc) is 2.90. The lowest BCUT2D eigenvalue weighted by atomic mass is 10.2. The molecule has 7 heteroatoms. The van der Waals surface area contributed by atoms with Crippen LogP contribution in [0.25, 0.3) is 11.4 Å². The van der Waals surface area contributed by atoms with Crippen molar-refractivity contribution in [3.05, 3.63) is 35.2 Å². The number of hydrogen-bond donors (Lipinski definition) is 1. The number of nitrogens with one attached hydrogen (secondary N) is 1. The third-order valence-corrected chi connectivity index (χ3v) is 3.09. The molecule has 0 bridgehead atoms. The lowest BCUT2D eigenvalue weighted by molar-refractivity contribution is 0.00755. The van der Waals surface area contributed by atoms with Gasteiger partial charge in [-0.25, -0.2) is 0 Å². The summed E-state index contributed by atoms with van der Waals surface area (Å²) in [7, 11) is 0. The van der Waals surface area contributed by atoms with Gasteiger partial charge in [0.15, 0.2) is 0 Å². The van der Waals surface area contributed by atoms with Crippen molar-refractivity contribution in [1.29, 1.82) is 0 Å². The second-order valence-electron chi connectivity index (χ2n) is 4.00. The molecule has 0 radical (unpaired) electrons. The summed E-state index contributed by atoms with van der Waals surface area (Å²) in [5.74, 6) is 0.974. The Labute approximate surface area is 121 Å². The van der Waals surface area contributed by atoms with Crippen molar-refractivity contribution < 1.29 is 9.26 Å². The highest BCUT2D eigenvalue weighted by molar-refractivity contribution is 6.33. The highest BCUT2D eigenvalue weighted by Gasteiger charge is 2.22. The summed E-state index contributed by atoms with van der Waals surface area (Å²) in [4.78, 5) is 4.34. The normalized spacial score (nSPS) is 18.9. The van der Waals surface area contributed by atoms with E-state index in [9.17, 15) is 0 Å². The largest absolute Gasteiger partial charge is 0.366 e. The van der Waals surface area contributed by atoms with Crippen molar-refractivity contribution in [3.8, 4) is 11.4 Å². The first-order chi connectivity index (χ1) is 8.84. The Bertz CT molecular complexity index is 541. The zero-order valence-electron chi connectivity index (χ0n) is 10.0. The minimum absolute atomic E-state index is 0. The van der Waals surface area contributed by atoms with Gasteiger partial charge < -0.3 is 14.6 Å². The zero-order valence-corrected chi connectivity index (χ0v) is 11.6. The van der Waals surface area contributed by atoms with E-state index < -0.39 is 0 Å². The molecule has 0 saturated carbocycles. The molecule has 0 amide bonds. The van der Waals surface area contributed by atoms with Crippen LogP contribution in [0.4, 0.5) is 0 Å². The summed E-state index contributed by atoms with van der Waals surface area (Å²) >= 11 is 6.09. The molecule has 1 atom stereocenters. The number of aromatic nitrogens is 2. The lowest BCUT2D eigenvalue weighted by Gasteiger charge is -2.19. The summed E-state index contributed by atoms with van der Waals surface area (Å²) in [6, 6.07) is 7.40. The Morgan fingerprint density at radius 1 is 1.32 bits per heavy atom. The Morgan fingerprint density at radius 3 is 2.89 bits per heavy atom. The van der Waals surface area contributed by atoms with E-state index in [4.69, 9.17) is 20.9 Å². The van der Waals surface area contributed by atoms with Crippen LogP contribution in [0.2, 0.25) is 5.02 Å². The van der Waals surface area contributed by atoms with E-state index in [0.29, 0.717) is 29.9 Å². The Kier molecular flexibility index (Phi) is 4.76. The third kappa shape index (κ3) is 3.06. The van der Waals surface area contributed by atoms with Crippen molar-refractivity contribution in [1.82, 2.24) is 15.5 Å². The number of rotatable bonds is 2. The number of nitrogens with zero attached hydrogens (tertiary/aromatic N) is 2.